The van der Waals surface area contributed by atoms with Gasteiger partial charge in [0, 0.05) is 37.3 Å². The predicted molar refractivity (Wildman–Crippen MR) is 95.2 cm³/mol. The Bertz CT molecular complexity index is 801. The second-order valence-electron chi connectivity index (χ2n) is 5.75. The van der Waals surface area contributed by atoms with Crippen LogP contribution in [0.5, 0.6) is 17.2 Å². The van der Waals surface area contributed by atoms with Gasteiger partial charge >= 0.3 is 0 Å². The molecule has 2 heterocycles. The Balaban J connectivity index is 1.87. The first-order valence-corrected chi connectivity index (χ1v) is 8.32. The molecule has 2 aromatic carbocycles. The molecule has 1 saturated heterocycles. The largest absolute Gasteiger partial charge is 0.497 e. The van der Waals surface area contributed by atoms with Gasteiger partial charge in [-0.25, -0.2) is 4.99 Å². The average Bonchev–Trinajstić information content (AvgIpc) is 2.78. The van der Waals surface area contributed by atoms with Crippen LogP contribution < -0.4 is 14.8 Å². The monoisotopic (exact) mass is 343 g/mol. The zero-order valence-electron chi connectivity index (χ0n) is 13.4. The summed E-state index contributed by atoms with van der Waals surface area (Å²) in [6.07, 6.45) is 0. The summed E-state index contributed by atoms with van der Waals surface area (Å²) in [5.74, 6) is 3.10. The van der Waals surface area contributed by atoms with Gasteiger partial charge in [-0.2, -0.15) is 0 Å². The van der Waals surface area contributed by atoms with Gasteiger partial charge in [-0.1, -0.05) is 11.6 Å². The maximum absolute atomic E-state index is 6.15. The lowest BCUT2D eigenvalue weighted by atomic mass is 10.1. The number of hydrogen-bond donors (Lipinski definition) is 1. The first-order valence-electron chi connectivity index (χ1n) is 7.95. The first-order chi connectivity index (χ1) is 11.7. The number of rotatable bonds is 1. The summed E-state index contributed by atoms with van der Waals surface area (Å²) in [7, 11) is 1.65. The molecule has 1 fully saturated rings. The Kier molecular flexibility index (Phi) is 4.04. The van der Waals surface area contributed by atoms with E-state index in [0.29, 0.717) is 10.8 Å². The molecule has 0 spiro atoms. The molecule has 0 aliphatic carbocycles. The normalized spacial score (nSPS) is 16.4. The van der Waals surface area contributed by atoms with Gasteiger partial charge < -0.3 is 19.7 Å². The molecular weight excluding hydrogens is 326 g/mol. The van der Waals surface area contributed by atoms with Crippen LogP contribution in [-0.4, -0.2) is 44.0 Å². The third-order valence-electron chi connectivity index (χ3n) is 4.21. The Hall–Kier alpha value is -2.24. The highest BCUT2D eigenvalue weighted by Crippen LogP contribution is 2.40. The number of nitrogens with one attached hydrogen (secondary N) is 1. The Morgan fingerprint density at radius 1 is 1.12 bits per heavy atom. The molecule has 0 saturated carbocycles. The SMILES string of the molecule is COc1ccc2c(c1)Oc1ccc(Cl)cc1N=C2N1CCNCC1. The van der Waals surface area contributed by atoms with Crippen LogP contribution in [0.2, 0.25) is 5.02 Å². The molecule has 0 atom stereocenters. The van der Waals surface area contributed by atoms with E-state index in [-0.39, 0.29) is 0 Å². The third-order valence-corrected chi connectivity index (χ3v) is 4.45. The van der Waals surface area contributed by atoms with E-state index >= 15 is 0 Å². The number of methoxy groups -OCH3 is 1. The van der Waals surface area contributed by atoms with Crippen molar-refractivity contribution >= 4 is 23.1 Å². The molecule has 0 radical (unpaired) electrons. The molecule has 0 aromatic heterocycles. The second-order valence-corrected chi connectivity index (χ2v) is 6.19. The van der Waals surface area contributed by atoms with Crippen LogP contribution in [0.3, 0.4) is 0 Å². The number of fused-ring (bicyclic) bond motifs is 2. The summed E-state index contributed by atoms with van der Waals surface area (Å²) in [5.41, 5.74) is 1.70. The van der Waals surface area contributed by atoms with Crippen LogP contribution in [0.1, 0.15) is 5.56 Å². The molecule has 5 nitrogen and oxygen atoms in total. The van der Waals surface area contributed by atoms with Crippen molar-refractivity contribution in [3.05, 3.63) is 47.0 Å². The molecule has 24 heavy (non-hydrogen) atoms. The first kappa shape index (κ1) is 15.3. The van der Waals surface area contributed by atoms with E-state index in [4.69, 9.17) is 26.1 Å². The molecule has 0 amide bonds. The standard InChI is InChI=1S/C18H18ClN3O2/c1-23-13-3-4-14-17(11-13)24-16-5-2-12(19)10-15(16)21-18(14)22-8-6-20-7-9-22/h2-5,10-11,20H,6-9H2,1H3. The highest BCUT2D eigenvalue weighted by atomic mass is 35.5. The van der Waals surface area contributed by atoms with Crippen molar-refractivity contribution in [1.29, 1.82) is 0 Å². The summed E-state index contributed by atoms with van der Waals surface area (Å²) in [4.78, 5) is 7.16. The van der Waals surface area contributed by atoms with Crippen molar-refractivity contribution in [1.82, 2.24) is 10.2 Å². The number of nitrogens with zero attached hydrogens (tertiary/aromatic N) is 2. The molecule has 6 heteroatoms. The maximum atomic E-state index is 6.15. The molecule has 4 rings (SSSR count). The van der Waals surface area contributed by atoms with Crippen molar-refractivity contribution < 1.29 is 9.47 Å². The summed E-state index contributed by atoms with van der Waals surface area (Å²) in [6.45, 7) is 3.68. The fraction of sp³-hybridized carbons (Fsp3) is 0.278. The van der Waals surface area contributed by atoms with Crippen LogP contribution in [0, 0.1) is 0 Å². The number of amidine groups is 1. The number of benzene rings is 2. The van der Waals surface area contributed by atoms with Crippen molar-refractivity contribution in [2.75, 3.05) is 33.3 Å². The van der Waals surface area contributed by atoms with E-state index in [0.717, 1.165) is 54.8 Å². The Morgan fingerprint density at radius 3 is 2.75 bits per heavy atom. The van der Waals surface area contributed by atoms with Crippen molar-refractivity contribution in [2.24, 2.45) is 4.99 Å². The van der Waals surface area contributed by atoms with Crippen molar-refractivity contribution in [3.8, 4) is 17.2 Å². The van der Waals surface area contributed by atoms with Crippen LogP contribution in [0.15, 0.2) is 41.4 Å². The molecule has 0 bridgehead atoms. The average molecular weight is 344 g/mol. The van der Waals surface area contributed by atoms with Crippen molar-refractivity contribution in [3.63, 3.8) is 0 Å². The summed E-state index contributed by atoms with van der Waals surface area (Å²) < 4.78 is 11.5. The van der Waals surface area contributed by atoms with Crippen LogP contribution >= 0.6 is 11.6 Å². The Labute approximate surface area is 145 Å². The highest BCUT2D eigenvalue weighted by Gasteiger charge is 2.24. The number of aliphatic imine (C=N–C) groups is 1. The van der Waals surface area contributed by atoms with Gasteiger partial charge in [0.05, 0.1) is 12.7 Å². The minimum atomic E-state index is 0.643. The van der Waals surface area contributed by atoms with Gasteiger partial charge in [0.15, 0.2) is 5.75 Å². The lowest BCUT2D eigenvalue weighted by Gasteiger charge is -2.30. The minimum absolute atomic E-state index is 0.643. The molecule has 2 aliphatic rings. The molecule has 124 valence electrons. The highest BCUT2D eigenvalue weighted by molar-refractivity contribution is 6.31. The van der Waals surface area contributed by atoms with E-state index in [1.165, 1.54) is 0 Å². The second kappa shape index (κ2) is 6.34. The minimum Gasteiger partial charge on any atom is -0.497 e. The van der Waals surface area contributed by atoms with Gasteiger partial charge in [-0.15, -0.1) is 0 Å². The summed E-state index contributed by atoms with van der Waals surface area (Å²) in [6, 6.07) is 11.3. The summed E-state index contributed by atoms with van der Waals surface area (Å²) >= 11 is 6.15. The molecule has 0 unspecified atom stereocenters. The lowest BCUT2D eigenvalue weighted by Crippen LogP contribution is -2.46. The number of hydrogen-bond acceptors (Lipinski definition) is 5. The van der Waals surface area contributed by atoms with Crippen LogP contribution in [0.25, 0.3) is 0 Å². The maximum Gasteiger partial charge on any atom is 0.153 e. The van der Waals surface area contributed by atoms with Gasteiger partial charge in [0.25, 0.3) is 0 Å². The lowest BCUT2D eigenvalue weighted by molar-refractivity contribution is 0.357. The van der Waals surface area contributed by atoms with E-state index in [1.807, 2.05) is 36.4 Å². The summed E-state index contributed by atoms with van der Waals surface area (Å²) in [5, 5.41) is 4.01. The zero-order valence-corrected chi connectivity index (χ0v) is 14.1. The predicted octanol–water partition coefficient (Wildman–Crippen LogP) is 3.44. The molecular formula is C18H18ClN3O2. The Morgan fingerprint density at radius 2 is 1.96 bits per heavy atom. The van der Waals surface area contributed by atoms with Gasteiger partial charge in [0.1, 0.15) is 23.0 Å². The third kappa shape index (κ3) is 2.81. The van der Waals surface area contributed by atoms with E-state index < -0.39 is 0 Å². The van der Waals surface area contributed by atoms with Crippen LogP contribution in [0.4, 0.5) is 5.69 Å². The van der Waals surface area contributed by atoms with E-state index in [2.05, 4.69) is 10.2 Å². The number of halogens is 1. The van der Waals surface area contributed by atoms with Gasteiger partial charge in [-0.3, -0.25) is 0 Å². The smallest absolute Gasteiger partial charge is 0.153 e. The fourth-order valence-electron chi connectivity index (χ4n) is 2.97. The van der Waals surface area contributed by atoms with Gasteiger partial charge in [-0.05, 0) is 30.3 Å². The molecule has 2 aromatic rings. The van der Waals surface area contributed by atoms with E-state index in [1.54, 1.807) is 7.11 Å². The zero-order chi connectivity index (χ0) is 16.5. The number of piperazine rings is 1. The number of ether oxygens (including phenoxy) is 2. The topological polar surface area (TPSA) is 46.1 Å². The molecule has 2 aliphatic heterocycles. The van der Waals surface area contributed by atoms with Crippen molar-refractivity contribution in [2.45, 2.75) is 0 Å². The van der Waals surface area contributed by atoms with Crippen LogP contribution in [-0.2, 0) is 0 Å². The quantitative estimate of drug-likeness (QED) is 0.861. The van der Waals surface area contributed by atoms with Gasteiger partial charge in [0.2, 0.25) is 0 Å². The molecule has 1 N–H and O–H groups in total. The van der Waals surface area contributed by atoms with E-state index in [9.17, 15) is 0 Å². The fourth-order valence-corrected chi connectivity index (χ4v) is 3.14.